The number of rotatable bonds is 18. The standard InChI is InChI=1S/C45H46N2O10/c1-27(2)45(50)57-37-19-15-35(16-20-37)47(29(4)52-22-39-25-55-39)33-11-7-31(8-12-33)42-43(48)41(44(42)49)30-5-9-32(10-6-30)46(28(3)51-21-38-24-54-38)34-13-17-36(18-14-34)53-23-40-26-56-40/h5-20,28-29,31,38-40,42H,1,21-26H2,2-4H3/p+1. The van der Waals surface area contributed by atoms with E-state index in [0.29, 0.717) is 55.5 Å². The molecule has 296 valence electrons. The van der Waals surface area contributed by atoms with Crippen molar-refractivity contribution in [2.75, 3.05) is 44.5 Å². The number of esters is 1. The highest BCUT2D eigenvalue weighted by Gasteiger charge is 2.44. The van der Waals surface area contributed by atoms with Crippen molar-refractivity contribution in [3.8, 4) is 11.5 Å². The Bertz CT molecular complexity index is 2090. The molecule has 0 amide bonds. The maximum Gasteiger partial charge on any atom is 0.338 e. The fourth-order valence-corrected chi connectivity index (χ4v) is 6.88. The van der Waals surface area contributed by atoms with Crippen LogP contribution < -0.4 is 14.4 Å². The smallest absolute Gasteiger partial charge is 0.338 e. The lowest BCUT2D eigenvalue weighted by molar-refractivity contribution is -0.537. The molecule has 0 spiro atoms. The third-order valence-electron chi connectivity index (χ3n) is 10.4. The maximum atomic E-state index is 13.7. The van der Waals surface area contributed by atoms with Crippen molar-refractivity contribution in [1.29, 1.82) is 0 Å². The molecule has 0 radical (unpaired) electrons. The Morgan fingerprint density at radius 3 is 1.93 bits per heavy atom. The molecule has 2 aliphatic carbocycles. The first kappa shape index (κ1) is 38.5. The van der Waals surface area contributed by atoms with Crippen LogP contribution in [0.5, 0.6) is 11.5 Å². The van der Waals surface area contributed by atoms with Gasteiger partial charge in [0.25, 0.3) is 6.23 Å². The molecule has 0 aromatic heterocycles. The Hall–Kier alpha value is -5.37. The number of hydrogen-bond donors (Lipinski definition) is 1. The summed E-state index contributed by atoms with van der Waals surface area (Å²) in [6, 6.07) is 22.6. The summed E-state index contributed by atoms with van der Waals surface area (Å²) in [6.07, 6.45) is 7.43. The highest BCUT2D eigenvalue weighted by atomic mass is 16.6. The normalized spacial score (nSPS) is 24.0. The van der Waals surface area contributed by atoms with Gasteiger partial charge < -0.3 is 43.2 Å². The van der Waals surface area contributed by atoms with Crippen LogP contribution in [0.4, 0.5) is 17.1 Å². The zero-order valence-electron chi connectivity index (χ0n) is 32.2. The minimum absolute atomic E-state index is 0.0681. The number of ether oxygens (including phenoxy) is 7. The van der Waals surface area contributed by atoms with Gasteiger partial charge in [-0.05, 0) is 67.9 Å². The van der Waals surface area contributed by atoms with Crippen molar-refractivity contribution >= 4 is 40.1 Å². The van der Waals surface area contributed by atoms with Gasteiger partial charge >= 0.3 is 5.97 Å². The van der Waals surface area contributed by atoms with Crippen LogP contribution in [0.25, 0.3) is 5.57 Å². The summed E-state index contributed by atoms with van der Waals surface area (Å²) in [5.41, 5.74) is 4.70. The first-order valence-corrected chi connectivity index (χ1v) is 19.3. The number of aliphatic hydroxyl groups is 1. The number of ketones is 1. The summed E-state index contributed by atoms with van der Waals surface area (Å²) < 4.78 is 41.6. The predicted molar refractivity (Wildman–Crippen MR) is 212 cm³/mol. The van der Waals surface area contributed by atoms with Gasteiger partial charge in [0, 0.05) is 54.1 Å². The molecule has 3 fully saturated rings. The fraction of sp³-hybridized carbons (Fsp3) is 0.356. The van der Waals surface area contributed by atoms with E-state index in [1.807, 2.05) is 103 Å². The van der Waals surface area contributed by atoms with E-state index in [1.165, 1.54) is 0 Å². The van der Waals surface area contributed by atoms with E-state index in [-0.39, 0.29) is 48.2 Å². The van der Waals surface area contributed by atoms with Crippen molar-refractivity contribution in [3.05, 3.63) is 121 Å². The molecule has 3 aromatic rings. The van der Waals surface area contributed by atoms with Crippen molar-refractivity contribution < 1.29 is 52.4 Å². The molecule has 57 heavy (non-hydrogen) atoms. The summed E-state index contributed by atoms with van der Waals surface area (Å²) in [6.45, 7) is 12.8. The van der Waals surface area contributed by atoms with Crippen LogP contribution in [0.2, 0.25) is 0 Å². The first-order valence-electron chi connectivity index (χ1n) is 19.3. The van der Waals surface area contributed by atoms with Gasteiger partial charge in [0.15, 0.2) is 5.78 Å². The maximum absolute atomic E-state index is 13.7. The molecule has 3 aliphatic heterocycles. The molecule has 0 saturated carbocycles. The van der Waals surface area contributed by atoms with E-state index in [9.17, 15) is 14.7 Å². The number of aliphatic hydroxyl groups excluding tert-OH is 1. The molecule has 3 saturated heterocycles. The van der Waals surface area contributed by atoms with Crippen molar-refractivity contribution in [2.24, 2.45) is 11.8 Å². The van der Waals surface area contributed by atoms with Crippen LogP contribution in [0, 0.1) is 11.8 Å². The van der Waals surface area contributed by atoms with Crippen molar-refractivity contribution in [2.45, 2.75) is 51.5 Å². The molecule has 1 N–H and O–H groups in total. The Morgan fingerprint density at radius 1 is 0.825 bits per heavy atom. The second kappa shape index (κ2) is 16.6. The largest absolute Gasteiger partial charge is 0.511 e. The van der Waals surface area contributed by atoms with Gasteiger partial charge in [-0.15, -0.1) is 0 Å². The van der Waals surface area contributed by atoms with Gasteiger partial charge in [0.2, 0.25) is 11.4 Å². The fourth-order valence-electron chi connectivity index (χ4n) is 6.88. The molecule has 12 heteroatoms. The number of nitrogens with zero attached hydrogens (tertiary/aromatic N) is 2. The van der Waals surface area contributed by atoms with E-state index in [2.05, 4.69) is 11.5 Å². The van der Waals surface area contributed by atoms with Gasteiger partial charge in [0.05, 0.1) is 44.5 Å². The van der Waals surface area contributed by atoms with E-state index < -0.39 is 11.9 Å². The number of Topliss-reactive ketones (excluding diaryl/α,β-unsaturated/α-hetero) is 1. The first-order chi connectivity index (χ1) is 27.6. The lowest BCUT2D eigenvalue weighted by Gasteiger charge is -2.33. The monoisotopic (exact) mass is 775 g/mol. The van der Waals surface area contributed by atoms with Gasteiger partial charge in [-0.3, -0.25) is 4.79 Å². The van der Waals surface area contributed by atoms with E-state index >= 15 is 0 Å². The molecule has 3 heterocycles. The van der Waals surface area contributed by atoms with Gasteiger partial charge in [-0.25, -0.2) is 4.79 Å². The van der Waals surface area contributed by atoms with Crippen LogP contribution in [0.1, 0.15) is 26.3 Å². The van der Waals surface area contributed by atoms with Gasteiger partial charge in [0.1, 0.15) is 48.4 Å². The number of benzene rings is 3. The highest BCUT2D eigenvalue weighted by Crippen LogP contribution is 2.43. The van der Waals surface area contributed by atoms with Crippen molar-refractivity contribution in [3.63, 3.8) is 0 Å². The number of anilines is 2. The van der Waals surface area contributed by atoms with E-state index in [4.69, 9.17) is 33.2 Å². The summed E-state index contributed by atoms with van der Waals surface area (Å²) in [5.74, 6) is -0.403. The summed E-state index contributed by atoms with van der Waals surface area (Å²) in [7, 11) is 0. The quantitative estimate of drug-likeness (QED) is 0.0374. The Balaban J connectivity index is 0.981. The number of carbonyl (C=O) groups is 2. The third kappa shape index (κ3) is 9.11. The topological polar surface area (TPSA) is 135 Å². The third-order valence-corrected chi connectivity index (χ3v) is 10.4. The van der Waals surface area contributed by atoms with E-state index in [0.717, 1.165) is 35.1 Å². The molecule has 5 aliphatic rings. The van der Waals surface area contributed by atoms with Gasteiger partial charge in [-0.1, -0.05) is 30.9 Å². The second-order valence-electron chi connectivity index (χ2n) is 14.8. The molecule has 3 aromatic carbocycles. The lowest BCUT2D eigenvalue weighted by atomic mass is 9.71. The highest BCUT2D eigenvalue weighted by molar-refractivity contribution is 6.30. The van der Waals surface area contributed by atoms with Crippen LogP contribution in [0.15, 0.2) is 115 Å². The zero-order valence-corrected chi connectivity index (χ0v) is 32.2. The van der Waals surface area contributed by atoms with Gasteiger partial charge in [-0.2, -0.15) is 4.58 Å². The minimum Gasteiger partial charge on any atom is -0.511 e. The van der Waals surface area contributed by atoms with Crippen LogP contribution in [-0.2, 0) is 33.3 Å². The average molecular weight is 776 g/mol. The number of allylic oxidation sites excluding steroid dienone is 6. The van der Waals surface area contributed by atoms with Crippen molar-refractivity contribution in [1.82, 2.24) is 0 Å². The SMILES string of the molecule is C=C(C)C(=O)Oc1ccc([N+](=C2C=CC(C3C(=O)C(c4ccc(N(c5ccc(OCC6CO6)cc5)C(C)OCC5CO5)cc4)=C3O)C=C2)C(C)OCC2CO2)cc1. The molecular formula is C45H47N2O10+. The predicted octanol–water partition coefficient (Wildman–Crippen LogP) is 6.60. The van der Waals surface area contributed by atoms with Crippen LogP contribution in [0.3, 0.4) is 0 Å². The summed E-state index contributed by atoms with van der Waals surface area (Å²) in [4.78, 5) is 27.8. The minimum atomic E-state index is -0.688. The molecule has 8 rings (SSSR count). The number of epoxide rings is 3. The summed E-state index contributed by atoms with van der Waals surface area (Å²) in [5, 5.41) is 11.4. The average Bonchev–Trinajstić information content (AvgIpc) is 4.06. The molecule has 6 unspecified atom stereocenters. The van der Waals surface area contributed by atoms with Crippen LogP contribution in [-0.4, -0.2) is 97.6 Å². The molecule has 12 nitrogen and oxygen atoms in total. The molecular weight excluding hydrogens is 728 g/mol. The molecule has 6 atom stereocenters. The van der Waals surface area contributed by atoms with Crippen LogP contribution >= 0.6 is 0 Å². The zero-order chi connectivity index (χ0) is 39.6. The second-order valence-corrected chi connectivity index (χ2v) is 14.8. The lowest BCUT2D eigenvalue weighted by Crippen LogP contribution is -2.36. The van der Waals surface area contributed by atoms with E-state index in [1.54, 1.807) is 19.1 Å². The molecule has 0 bridgehead atoms. The summed E-state index contributed by atoms with van der Waals surface area (Å²) >= 11 is 0. The Morgan fingerprint density at radius 2 is 1.37 bits per heavy atom. The number of carbonyl (C=O) groups excluding carboxylic acids is 2. The number of hydrogen-bond acceptors (Lipinski definition) is 11. The Kier molecular flexibility index (Phi) is 11.2. The Labute approximate surface area is 331 Å².